The number of ether oxygens (including phenoxy) is 2. The van der Waals surface area contributed by atoms with E-state index in [1.165, 1.54) is 17.0 Å². The molecule has 1 saturated heterocycles. The number of halogens is 3. The average molecular weight is 508 g/mol. The normalized spacial score (nSPS) is 16.8. The van der Waals surface area contributed by atoms with Gasteiger partial charge in [0.1, 0.15) is 18.4 Å². The Hall–Kier alpha value is -3.76. The zero-order valence-electron chi connectivity index (χ0n) is 20.0. The molecule has 0 saturated carbocycles. The first kappa shape index (κ1) is 26.8. The lowest BCUT2D eigenvalue weighted by molar-refractivity contribution is -0.274. The number of carbonyl (C=O) groups excluding carboxylic acids is 3. The summed E-state index contributed by atoms with van der Waals surface area (Å²) in [5.41, 5.74) is 1.04. The van der Waals surface area contributed by atoms with Crippen LogP contribution in [0, 0.1) is 0 Å². The lowest BCUT2D eigenvalue weighted by Gasteiger charge is -2.41. The molecule has 0 spiro atoms. The molecule has 1 aliphatic rings. The van der Waals surface area contributed by atoms with Gasteiger partial charge in [0.25, 0.3) is 5.91 Å². The van der Waals surface area contributed by atoms with Gasteiger partial charge in [0.05, 0.1) is 0 Å². The van der Waals surface area contributed by atoms with Gasteiger partial charge in [-0.15, -0.1) is 13.2 Å². The highest BCUT2D eigenvalue weighted by Crippen LogP contribution is 2.23. The van der Waals surface area contributed by atoms with Crippen LogP contribution in [0.5, 0.6) is 5.75 Å². The molecule has 0 aliphatic carbocycles. The second-order valence-corrected chi connectivity index (χ2v) is 8.37. The Bertz CT molecular complexity index is 1050. The Morgan fingerprint density at radius 3 is 2.31 bits per heavy atom. The summed E-state index contributed by atoms with van der Waals surface area (Å²) in [6.45, 7) is 4.37. The number of amides is 3. The minimum absolute atomic E-state index is 0.0811. The molecule has 36 heavy (non-hydrogen) atoms. The van der Waals surface area contributed by atoms with Crippen molar-refractivity contribution in [2.24, 2.45) is 0 Å². The maximum Gasteiger partial charge on any atom is 0.573 e. The van der Waals surface area contributed by atoms with Crippen molar-refractivity contribution in [3.63, 3.8) is 0 Å². The Kier molecular flexibility index (Phi) is 8.78. The number of piperazine rings is 1. The third-order valence-corrected chi connectivity index (χ3v) is 5.74. The highest BCUT2D eigenvalue weighted by Gasteiger charge is 2.34. The molecule has 11 heteroatoms. The van der Waals surface area contributed by atoms with Crippen LogP contribution >= 0.6 is 0 Å². The van der Waals surface area contributed by atoms with Crippen molar-refractivity contribution in [1.82, 2.24) is 15.1 Å². The number of rotatable bonds is 7. The molecule has 194 valence electrons. The molecule has 0 bridgehead atoms. The largest absolute Gasteiger partial charge is 0.573 e. The van der Waals surface area contributed by atoms with Crippen molar-refractivity contribution >= 4 is 17.9 Å². The van der Waals surface area contributed by atoms with E-state index in [2.05, 4.69) is 10.1 Å². The van der Waals surface area contributed by atoms with Crippen molar-refractivity contribution < 1.29 is 37.0 Å². The summed E-state index contributed by atoms with van der Waals surface area (Å²) in [6.07, 6.45) is -5.15. The third-order valence-electron chi connectivity index (χ3n) is 5.74. The van der Waals surface area contributed by atoms with Crippen LogP contribution < -0.4 is 10.1 Å². The van der Waals surface area contributed by atoms with E-state index in [1.807, 2.05) is 30.3 Å². The number of hydrogen-bond acceptors (Lipinski definition) is 5. The van der Waals surface area contributed by atoms with Crippen LogP contribution in [-0.2, 0) is 16.1 Å². The SMILES string of the molecule is CC[C@H](NC(=O)OCc1ccccc1)C(=O)N1CCN(C(=O)c2ccc(OC(F)(F)F)cc2)C[C@H]1C. The molecule has 2 aromatic carbocycles. The minimum atomic E-state index is -4.81. The molecule has 8 nitrogen and oxygen atoms in total. The Morgan fingerprint density at radius 2 is 1.72 bits per heavy atom. The first-order valence-electron chi connectivity index (χ1n) is 11.5. The first-order chi connectivity index (χ1) is 17.1. The van der Waals surface area contributed by atoms with Gasteiger partial charge in [0.2, 0.25) is 5.91 Å². The maximum atomic E-state index is 13.1. The number of alkyl halides is 3. The Labute approximate surface area is 207 Å². The van der Waals surface area contributed by atoms with Crippen LogP contribution in [0.4, 0.5) is 18.0 Å². The highest BCUT2D eigenvalue weighted by atomic mass is 19.4. The molecule has 0 radical (unpaired) electrons. The standard InChI is InChI=1S/C25H28F3N3O5/c1-3-21(29-24(34)35-16-18-7-5-4-6-8-18)23(33)31-14-13-30(15-17(31)2)22(32)19-9-11-20(12-10-19)36-25(26,27)28/h4-12,17,21H,3,13-16H2,1-2H3,(H,29,34)/t17-,21+/m1/s1. The van der Waals surface area contributed by atoms with E-state index in [0.29, 0.717) is 6.42 Å². The van der Waals surface area contributed by atoms with Crippen molar-refractivity contribution in [3.05, 3.63) is 65.7 Å². The van der Waals surface area contributed by atoms with Crippen molar-refractivity contribution in [3.8, 4) is 5.75 Å². The number of nitrogens with one attached hydrogen (secondary N) is 1. The molecule has 0 aromatic heterocycles. The van der Waals surface area contributed by atoms with E-state index < -0.39 is 24.2 Å². The smallest absolute Gasteiger partial charge is 0.445 e. The fourth-order valence-electron chi connectivity index (χ4n) is 3.90. The van der Waals surface area contributed by atoms with Gasteiger partial charge in [-0.05, 0) is 43.2 Å². The molecule has 1 heterocycles. The Balaban J connectivity index is 1.53. The number of hydrogen-bond donors (Lipinski definition) is 1. The van der Waals surface area contributed by atoms with Gasteiger partial charge in [0.15, 0.2) is 0 Å². The van der Waals surface area contributed by atoms with Crippen molar-refractivity contribution in [2.75, 3.05) is 19.6 Å². The second kappa shape index (κ2) is 11.8. The van der Waals surface area contributed by atoms with Crippen LogP contribution in [0.25, 0.3) is 0 Å². The Morgan fingerprint density at radius 1 is 1.06 bits per heavy atom. The van der Waals surface area contributed by atoms with Gasteiger partial charge in [-0.25, -0.2) is 4.79 Å². The zero-order valence-corrected chi connectivity index (χ0v) is 20.0. The molecule has 3 amide bonds. The van der Waals surface area contributed by atoms with Crippen LogP contribution in [0.1, 0.15) is 36.2 Å². The predicted molar refractivity (Wildman–Crippen MR) is 124 cm³/mol. The van der Waals surface area contributed by atoms with Crippen LogP contribution in [0.2, 0.25) is 0 Å². The molecule has 1 N–H and O–H groups in total. The first-order valence-corrected chi connectivity index (χ1v) is 11.5. The summed E-state index contributed by atoms with van der Waals surface area (Å²) < 4.78 is 46.1. The van der Waals surface area contributed by atoms with Gasteiger partial charge in [-0.3, -0.25) is 9.59 Å². The third kappa shape index (κ3) is 7.37. The molecular weight excluding hydrogens is 479 g/mol. The topological polar surface area (TPSA) is 88.2 Å². The van der Waals surface area contributed by atoms with E-state index in [9.17, 15) is 27.6 Å². The fraction of sp³-hybridized carbons (Fsp3) is 0.400. The molecule has 2 aromatic rings. The molecule has 1 fully saturated rings. The quantitative estimate of drug-likeness (QED) is 0.613. The summed E-state index contributed by atoms with van der Waals surface area (Å²) in [5.74, 6) is -1.05. The number of nitrogens with zero attached hydrogens (tertiary/aromatic N) is 2. The number of alkyl carbamates (subject to hydrolysis) is 1. The van der Waals surface area contributed by atoms with E-state index in [1.54, 1.807) is 18.7 Å². The maximum absolute atomic E-state index is 13.1. The van der Waals surface area contributed by atoms with Crippen LogP contribution in [-0.4, -0.2) is 65.8 Å². The van der Waals surface area contributed by atoms with E-state index >= 15 is 0 Å². The van der Waals surface area contributed by atoms with Crippen LogP contribution in [0.15, 0.2) is 54.6 Å². The molecule has 3 rings (SSSR count). The van der Waals surface area contributed by atoms with Crippen molar-refractivity contribution in [1.29, 1.82) is 0 Å². The summed E-state index contributed by atoms with van der Waals surface area (Å²) in [4.78, 5) is 41.3. The van der Waals surface area contributed by atoms with E-state index in [4.69, 9.17) is 4.74 Å². The molecule has 0 unspecified atom stereocenters. The van der Waals surface area contributed by atoms with Gasteiger partial charge < -0.3 is 24.6 Å². The van der Waals surface area contributed by atoms with Gasteiger partial charge in [0, 0.05) is 31.2 Å². The minimum Gasteiger partial charge on any atom is -0.445 e. The average Bonchev–Trinajstić information content (AvgIpc) is 2.85. The fourth-order valence-corrected chi connectivity index (χ4v) is 3.90. The lowest BCUT2D eigenvalue weighted by atomic mass is 10.1. The summed E-state index contributed by atoms with van der Waals surface area (Å²) in [6, 6.07) is 12.7. The second-order valence-electron chi connectivity index (χ2n) is 8.37. The number of benzene rings is 2. The van der Waals surface area contributed by atoms with Gasteiger partial charge in [-0.2, -0.15) is 0 Å². The summed E-state index contributed by atoms with van der Waals surface area (Å²) >= 11 is 0. The summed E-state index contributed by atoms with van der Waals surface area (Å²) in [5, 5.41) is 2.61. The summed E-state index contributed by atoms with van der Waals surface area (Å²) in [7, 11) is 0. The van der Waals surface area contributed by atoms with E-state index in [-0.39, 0.29) is 49.7 Å². The lowest BCUT2D eigenvalue weighted by Crippen LogP contribution is -2.59. The van der Waals surface area contributed by atoms with Crippen molar-refractivity contribution in [2.45, 2.75) is 45.3 Å². The highest BCUT2D eigenvalue weighted by molar-refractivity contribution is 5.94. The van der Waals surface area contributed by atoms with Gasteiger partial charge >= 0.3 is 12.5 Å². The molecule has 2 atom stereocenters. The predicted octanol–water partition coefficient (Wildman–Crippen LogP) is 3.96. The monoisotopic (exact) mass is 507 g/mol. The molecular formula is C25H28F3N3O5. The van der Waals surface area contributed by atoms with E-state index in [0.717, 1.165) is 17.7 Å². The van der Waals surface area contributed by atoms with Gasteiger partial charge in [-0.1, -0.05) is 37.3 Å². The zero-order chi connectivity index (χ0) is 26.3. The molecule has 1 aliphatic heterocycles. The van der Waals surface area contributed by atoms with Crippen LogP contribution in [0.3, 0.4) is 0 Å². The number of carbonyl (C=O) groups is 3.